The maximum absolute atomic E-state index is 5.58. The normalized spacial score (nSPS) is 29.1. The van der Waals surface area contributed by atoms with Crippen molar-refractivity contribution in [1.82, 2.24) is 9.80 Å². The molecule has 0 aromatic carbocycles. The van der Waals surface area contributed by atoms with Crippen LogP contribution in [0.3, 0.4) is 0 Å². The van der Waals surface area contributed by atoms with Crippen LogP contribution in [-0.2, 0) is 0 Å². The summed E-state index contributed by atoms with van der Waals surface area (Å²) in [5.41, 5.74) is 0. The van der Waals surface area contributed by atoms with Gasteiger partial charge in [-0.05, 0) is 33.0 Å². The Bertz CT molecular complexity index is 162. The molecule has 0 unspecified atom stereocenters. The van der Waals surface area contributed by atoms with Crippen LogP contribution in [0.4, 0.5) is 0 Å². The van der Waals surface area contributed by atoms with E-state index in [1.165, 1.54) is 39.0 Å². The number of hydrogen-bond acceptors (Lipinski definition) is 4. The topological polar surface area (TPSA) is 32.5 Å². The van der Waals surface area contributed by atoms with E-state index in [2.05, 4.69) is 16.8 Å². The second-order valence-corrected chi connectivity index (χ2v) is 5.19. The van der Waals surface area contributed by atoms with Crippen molar-refractivity contribution in [3.8, 4) is 0 Å². The molecule has 76 valence electrons. The molecule has 2 fully saturated rings. The maximum atomic E-state index is 5.58. The number of nitrogens with two attached hydrogens (primary N) is 1. The lowest BCUT2D eigenvalue weighted by Crippen LogP contribution is -2.59. The van der Waals surface area contributed by atoms with Gasteiger partial charge in [-0.25, -0.2) is 0 Å². The molecule has 0 aromatic heterocycles. The van der Waals surface area contributed by atoms with Gasteiger partial charge in [0.05, 0.1) is 0 Å². The summed E-state index contributed by atoms with van der Waals surface area (Å²) >= 11 is 1.55. The van der Waals surface area contributed by atoms with Crippen molar-refractivity contribution in [2.24, 2.45) is 5.14 Å². The van der Waals surface area contributed by atoms with Gasteiger partial charge in [0.15, 0.2) is 0 Å². The van der Waals surface area contributed by atoms with E-state index in [9.17, 15) is 0 Å². The molecule has 0 atom stereocenters. The molecule has 2 aliphatic rings. The third-order valence-corrected chi connectivity index (χ3v) is 4.09. The predicted octanol–water partition coefficient (Wildman–Crippen LogP) is 0.372. The van der Waals surface area contributed by atoms with E-state index in [-0.39, 0.29) is 0 Å². The molecule has 0 radical (unpaired) electrons. The molecule has 2 saturated heterocycles. The van der Waals surface area contributed by atoms with Crippen molar-refractivity contribution in [1.29, 1.82) is 0 Å². The van der Waals surface area contributed by atoms with Gasteiger partial charge in [-0.1, -0.05) is 11.9 Å². The molecule has 0 bridgehead atoms. The highest BCUT2D eigenvalue weighted by Crippen LogP contribution is 2.23. The minimum absolute atomic E-state index is 0.717. The van der Waals surface area contributed by atoms with E-state index in [1.807, 2.05) is 0 Å². The van der Waals surface area contributed by atoms with Crippen molar-refractivity contribution in [3.63, 3.8) is 0 Å². The molecule has 0 saturated carbocycles. The Labute approximate surface area is 84.8 Å². The van der Waals surface area contributed by atoms with Crippen LogP contribution < -0.4 is 5.14 Å². The molecular formula is C9H19N3S. The Morgan fingerprint density at radius 2 is 1.85 bits per heavy atom. The van der Waals surface area contributed by atoms with Gasteiger partial charge in [-0.3, -0.25) is 10.0 Å². The van der Waals surface area contributed by atoms with Crippen molar-refractivity contribution in [2.75, 3.05) is 33.2 Å². The van der Waals surface area contributed by atoms with Crippen LogP contribution in [0.2, 0.25) is 0 Å². The van der Waals surface area contributed by atoms with E-state index >= 15 is 0 Å². The summed E-state index contributed by atoms with van der Waals surface area (Å²) in [5.74, 6) is 0. The van der Waals surface area contributed by atoms with Crippen molar-refractivity contribution < 1.29 is 0 Å². The lowest BCUT2D eigenvalue weighted by molar-refractivity contribution is 0.0412. The van der Waals surface area contributed by atoms with Crippen LogP contribution in [0, 0.1) is 0 Å². The second kappa shape index (κ2) is 4.17. The monoisotopic (exact) mass is 201 g/mol. The Morgan fingerprint density at radius 3 is 2.31 bits per heavy atom. The van der Waals surface area contributed by atoms with Gasteiger partial charge < -0.3 is 4.90 Å². The molecule has 3 nitrogen and oxygen atoms in total. The van der Waals surface area contributed by atoms with Gasteiger partial charge in [-0.15, -0.1) is 0 Å². The molecule has 0 spiro atoms. The van der Waals surface area contributed by atoms with Crippen LogP contribution in [0.5, 0.6) is 0 Å². The number of hydrogen-bond donors (Lipinski definition) is 1. The molecule has 2 N–H and O–H groups in total. The largest absolute Gasteiger partial charge is 0.303 e. The van der Waals surface area contributed by atoms with Crippen LogP contribution in [0.1, 0.15) is 12.8 Å². The summed E-state index contributed by atoms with van der Waals surface area (Å²) in [5, 5.41) is 6.30. The Morgan fingerprint density at radius 1 is 1.23 bits per heavy atom. The van der Waals surface area contributed by atoms with E-state index < -0.39 is 0 Å². The fraction of sp³-hybridized carbons (Fsp3) is 1.00. The lowest BCUT2D eigenvalue weighted by atomic mass is 10.0. The van der Waals surface area contributed by atoms with Gasteiger partial charge in [0.2, 0.25) is 0 Å². The van der Waals surface area contributed by atoms with E-state index in [0.29, 0.717) is 5.25 Å². The molecule has 2 heterocycles. The van der Waals surface area contributed by atoms with Gasteiger partial charge >= 0.3 is 0 Å². The van der Waals surface area contributed by atoms with Crippen LogP contribution in [-0.4, -0.2) is 54.3 Å². The molecule has 4 heteroatoms. The highest BCUT2D eigenvalue weighted by molar-refractivity contribution is 7.97. The van der Waals surface area contributed by atoms with Crippen LogP contribution in [0.25, 0.3) is 0 Å². The van der Waals surface area contributed by atoms with E-state index in [1.54, 1.807) is 11.9 Å². The Hall–Kier alpha value is 0.230. The summed E-state index contributed by atoms with van der Waals surface area (Å²) in [6, 6.07) is 0.841. The molecule has 0 aromatic rings. The average Bonchev–Trinajstić information content (AvgIpc) is 2.13. The van der Waals surface area contributed by atoms with E-state index in [4.69, 9.17) is 5.14 Å². The number of nitrogens with zero attached hydrogens (tertiary/aromatic N) is 2. The number of likely N-dealkylation sites (N-methyl/N-ethyl adjacent to an activating group) is 1. The molecule has 13 heavy (non-hydrogen) atoms. The van der Waals surface area contributed by atoms with Gasteiger partial charge in [0.1, 0.15) is 0 Å². The van der Waals surface area contributed by atoms with Crippen molar-refractivity contribution in [2.45, 2.75) is 24.1 Å². The first-order valence-electron chi connectivity index (χ1n) is 5.07. The fourth-order valence-corrected chi connectivity index (χ4v) is 2.76. The molecular weight excluding hydrogens is 182 g/mol. The standard InChI is InChI=1S/C9H19N3S/c1-11-6-8(7-11)12-4-2-9(13-10)3-5-12/h8-9H,2-7,10H2,1H3. The van der Waals surface area contributed by atoms with Gasteiger partial charge in [-0.2, -0.15) is 0 Å². The predicted molar refractivity (Wildman–Crippen MR) is 57.7 cm³/mol. The Kier molecular flexibility index (Phi) is 3.14. The summed E-state index contributed by atoms with van der Waals surface area (Å²) in [6.45, 7) is 5.04. The van der Waals surface area contributed by atoms with Crippen molar-refractivity contribution >= 4 is 11.9 Å². The smallest absolute Gasteiger partial charge is 0.0350 e. The summed E-state index contributed by atoms with van der Waals surface area (Å²) < 4.78 is 0. The molecule has 0 amide bonds. The van der Waals surface area contributed by atoms with E-state index in [0.717, 1.165) is 6.04 Å². The zero-order valence-corrected chi connectivity index (χ0v) is 9.09. The minimum atomic E-state index is 0.717. The minimum Gasteiger partial charge on any atom is -0.303 e. The van der Waals surface area contributed by atoms with Crippen LogP contribution in [0.15, 0.2) is 0 Å². The quantitative estimate of drug-likeness (QED) is 0.654. The van der Waals surface area contributed by atoms with Crippen LogP contribution >= 0.6 is 11.9 Å². The zero-order valence-electron chi connectivity index (χ0n) is 8.28. The lowest BCUT2D eigenvalue weighted by Gasteiger charge is -2.46. The number of piperidine rings is 1. The fourth-order valence-electron chi connectivity index (χ4n) is 2.27. The second-order valence-electron chi connectivity index (χ2n) is 4.25. The summed E-state index contributed by atoms with van der Waals surface area (Å²) in [4.78, 5) is 5.02. The zero-order chi connectivity index (χ0) is 9.26. The number of likely N-dealkylation sites (tertiary alicyclic amines) is 2. The third kappa shape index (κ3) is 2.18. The number of rotatable bonds is 2. The molecule has 2 rings (SSSR count). The first-order valence-corrected chi connectivity index (χ1v) is 6.02. The van der Waals surface area contributed by atoms with Gasteiger partial charge in [0.25, 0.3) is 0 Å². The first-order chi connectivity index (χ1) is 6.29. The Balaban J connectivity index is 1.72. The maximum Gasteiger partial charge on any atom is 0.0350 e. The highest BCUT2D eigenvalue weighted by Gasteiger charge is 2.31. The molecule has 2 aliphatic heterocycles. The first kappa shape index (κ1) is 9.77. The summed E-state index contributed by atoms with van der Waals surface area (Å²) in [7, 11) is 2.19. The SMILES string of the molecule is CN1CC(N2CCC(SN)CC2)C1. The third-order valence-electron chi connectivity index (χ3n) is 3.23. The summed E-state index contributed by atoms with van der Waals surface area (Å²) in [6.07, 6.45) is 2.56. The average molecular weight is 201 g/mol. The molecule has 0 aliphatic carbocycles. The van der Waals surface area contributed by atoms with Gasteiger partial charge in [0, 0.05) is 24.4 Å². The van der Waals surface area contributed by atoms with Crippen molar-refractivity contribution in [3.05, 3.63) is 0 Å². The highest BCUT2D eigenvalue weighted by atomic mass is 32.2.